The van der Waals surface area contributed by atoms with Crippen LogP contribution >= 0.6 is 11.3 Å². The number of rotatable bonds is 3. The smallest absolute Gasteiger partial charge is 0.309 e. The minimum Gasteiger partial charge on any atom is -0.481 e. The molecule has 23 heavy (non-hydrogen) atoms. The van der Waals surface area contributed by atoms with Crippen LogP contribution in [0.4, 0.5) is 5.13 Å². The Morgan fingerprint density at radius 2 is 2.17 bits per heavy atom. The monoisotopic (exact) mass is 338 g/mol. The van der Waals surface area contributed by atoms with E-state index >= 15 is 0 Å². The molecule has 2 aliphatic heterocycles. The molecule has 2 saturated heterocycles. The van der Waals surface area contributed by atoms with Crippen molar-refractivity contribution in [1.82, 2.24) is 15.2 Å². The first-order valence-electron chi connectivity index (χ1n) is 7.41. The number of carbonyl (C=O) groups is 3. The van der Waals surface area contributed by atoms with Crippen molar-refractivity contribution in [3.05, 3.63) is 11.1 Å². The lowest BCUT2D eigenvalue weighted by Gasteiger charge is -2.41. The molecule has 8 nitrogen and oxygen atoms in total. The number of anilines is 1. The van der Waals surface area contributed by atoms with Gasteiger partial charge >= 0.3 is 5.97 Å². The third-order valence-electron chi connectivity index (χ3n) is 4.62. The maximum atomic E-state index is 12.5. The lowest BCUT2D eigenvalue weighted by molar-refractivity contribution is -0.144. The first-order valence-corrected chi connectivity index (χ1v) is 8.29. The van der Waals surface area contributed by atoms with Crippen LogP contribution in [0, 0.1) is 5.92 Å². The molecule has 0 bridgehead atoms. The molecule has 2 amide bonds. The number of nitrogens with one attached hydrogen (secondary N) is 2. The minimum absolute atomic E-state index is 0.0148. The van der Waals surface area contributed by atoms with Gasteiger partial charge in [-0.25, -0.2) is 4.98 Å². The van der Waals surface area contributed by atoms with Crippen LogP contribution < -0.4 is 10.6 Å². The summed E-state index contributed by atoms with van der Waals surface area (Å²) in [6, 6.07) is 0. The fraction of sp³-hybridized carbons (Fsp3) is 0.571. The molecule has 0 saturated carbocycles. The maximum Gasteiger partial charge on any atom is 0.309 e. The van der Waals surface area contributed by atoms with Crippen LogP contribution in [0.5, 0.6) is 0 Å². The van der Waals surface area contributed by atoms with E-state index in [9.17, 15) is 19.5 Å². The standard InChI is InChI=1S/C14H18N4O4S/c1-15-13-16-9(7-23-13)11(20)18-4-2-14(3-5-18)8(12(21)22)6-10(19)17-14/h7-8H,2-6H2,1H3,(H,15,16)(H,17,19)(H,21,22)/t8-/m1/s1. The summed E-state index contributed by atoms with van der Waals surface area (Å²) in [5.41, 5.74) is -0.335. The molecule has 1 atom stereocenters. The van der Waals surface area contributed by atoms with Crippen molar-refractivity contribution in [3.63, 3.8) is 0 Å². The number of likely N-dealkylation sites (tertiary alicyclic amines) is 1. The van der Waals surface area contributed by atoms with Crippen LogP contribution in [0.3, 0.4) is 0 Å². The lowest BCUT2D eigenvalue weighted by atomic mass is 9.77. The van der Waals surface area contributed by atoms with E-state index in [1.807, 2.05) is 0 Å². The van der Waals surface area contributed by atoms with E-state index < -0.39 is 17.4 Å². The highest BCUT2D eigenvalue weighted by atomic mass is 32.1. The van der Waals surface area contributed by atoms with Crippen LogP contribution in [0.25, 0.3) is 0 Å². The molecule has 1 aromatic heterocycles. The van der Waals surface area contributed by atoms with E-state index in [4.69, 9.17) is 0 Å². The summed E-state index contributed by atoms with van der Waals surface area (Å²) >= 11 is 1.36. The van der Waals surface area contributed by atoms with Crippen molar-refractivity contribution in [2.24, 2.45) is 5.92 Å². The van der Waals surface area contributed by atoms with Crippen molar-refractivity contribution >= 4 is 34.3 Å². The number of carboxylic acid groups (broad SMARTS) is 1. The van der Waals surface area contributed by atoms with Gasteiger partial charge < -0.3 is 20.6 Å². The van der Waals surface area contributed by atoms with Gasteiger partial charge in [0.2, 0.25) is 5.91 Å². The second-order valence-corrected chi connectivity index (χ2v) is 6.74. The highest BCUT2D eigenvalue weighted by Gasteiger charge is 2.52. The molecule has 0 radical (unpaired) electrons. The van der Waals surface area contributed by atoms with Crippen LogP contribution in [0.2, 0.25) is 0 Å². The number of thiazole rings is 1. The van der Waals surface area contributed by atoms with Gasteiger partial charge in [-0.2, -0.15) is 0 Å². The Morgan fingerprint density at radius 3 is 2.74 bits per heavy atom. The van der Waals surface area contributed by atoms with E-state index in [2.05, 4.69) is 15.6 Å². The zero-order valence-corrected chi connectivity index (χ0v) is 13.5. The van der Waals surface area contributed by atoms with Crippen LogP contribution in [0.15, 0.2) is 5.38 Å². The molecule has 3 N–H and O–H groups in total. The predicted octanol–water partition coefficient (Wildman–Crippen LogP) is 0.380. The Hall–Kier alpha value is -2.16. The number of hydrogen-bond acceptors (Lipinski definition) is 6. The summed E-state index contributed by atoms with van der Waals surface area (Å²) in [4.78, 5) is 41.4. The Bertz CT molecular complexity index is 651. The highest BCUT2D eigenvalue weighted by Crippen LogP contribution is 2.37. The number of piperidine rings is 1. The number of aromatic nitrogens is 1. The zero-order chi connectivity index (χ0) is 16.6. The number of amides is 2. The van der Waals surface area contributed by atoms with Gasteiger partial charge in [-0.3, -0.25) is 14.4 Å². The average Bonchev–Trinajstić information content (AvgIpc) is 3.12. The molecule has 0 aromatic carbocycles. The van der Waals surface area contributed by atoms with Gasteiger partial charge in [-0.1, -0.05) is 0 Å². The first-order chi connectivity index (χ1) is 10.9. The molecular formula is C14H18N4O4S. The molecular weight excluding hydrogens is 320 g/mol. The van der Waals surface area contributed by atoms with E-state index in [0.717, 1.165) is 0 Å². The summed E-state index contributed by atoms with van der Waals surface area (Å²) in [5.74, 6) is -2.06. The van der Waals surface area contributed by atoms with Crippen molar-refractivity contribution in [3.8, 4) is 0 Å². The second-order valence-electron chi connectivity index (χ2n) is 5.88. The molecule has 1 spiro atoms. The molecule has 9 heteroatoms. The van der Waals surface area contributed by atoms with Gasteiger partial charge in [0.15, 0.2) is 5.13 Å². The Kier molecular flexibility index (Phi) is 3.97. The average molecular weight is 338 g/mol. The SMILES string of the molecule is CNc1nc(C(=O)N2CCC3(CC2)NC(=O)C[C@@H]3C(=O)O)cs1. The van der Waals surface area contributed by atoms with Gasteiger partial charge in [0.1, 0.15) is 5.69 Å². The number of aliphatic carboxylic acids is 1. The number of nitrogens with zero attached hydrogens (tertiary/aromatic N) is 2. The quantitative estimate of drug-likeness (QED) is 0.735. The summed E-state index contributed by atoms with van der Waals surface area (Å²) in [6.45, 7) is 0.824. The summed E-state index contributed by atoms with van der Waals surface area (Å²) in [7, 11) is 1.74. The largest absolute Gasteiger partial charge is 0.481 e. The topological polar surface area (TPSA) is 112 Å². The predicted molar refractivity (Wildman–Crippen MR) is 83.4 cm³/mol. The molecule has 3 rings (SSSR count). The summed E-state index contributed by atoms with van der Waals surface area (Å²) in [6.07, 6.45) is 0.913. The van der Waals surface area contributed by atoms with Crippen LogP contribution in [0.1, 0.15) is 29.8 Å². The highest BCUT2D eigenvalue weighted by molar-refractivity contribution is 7.13. The van der Waals surface area contributed by atoms with E-state index in [1.165, 1.54) is 11.3 Å². The molecule has 2 fully saturated rings. The van der Waals surface area contributed by atoms with Gasteiger partial charge in [0.05, 0.1) is 11.5 Å². The van der Waals surface area contributed by atoms with Crippen molar-refractivity contribution in [1.29, 1.82) is 0 Å². The third kappa shape index (κ3) is 2.76. The third-order valence-corrected chi connectivity index (χ3v) is 5.48. The minimum atomic E-state index is -0.957. The Morgan fingerprint density at radius 1 is 1.48 bits per heavy atom. The van der Waals surface area contributed by atoms with Crippen molar-refractivity contribution in [2.75, 3.05) is 25.5 Å². The van der Waals surface area contributed by atoms with E-state index in [-0.39, 0.29) is 18.2 Å². The number of carboxylic acids is 1. The molecule has 1 aromatic rings. The van der Waals surface area contributed by atoms with Gasteiger partial charge in [-0.15, -0.1) is 11.3 Å². The maximum absolute atomic E-state index is 12.5. The number of carbonyl (C=O) groups excluding carboxylic acids is 2. The van der Waals surface area contributed by atoms with Crippen molar-refractivity contribution < 1.29 is 19.5 Å². The summed E-state index contributed by atoms with van der Waals surface area (Å²) in [5, 5.41) is 17.4. The molecule has 124 valence electrons. The van der Waals surface area contributed by atoms with Gasteiger partial charge in [0.25, 0.3) is 5.91 Å². The normalized spacial score (nSPS) is 22.9. The van der Waals surface area contributed by atoms with Crippen LogP contribution in [-0.4, -0.2) is 58.5 Å². The fourth-order valence-electron chi connectivity index (χ4n) is 3.35. The van der Waals surface area contributed by atoms with Crippen LogP contribution in [-0.2, 0) is 9.59 Å². The molecule has 0 aliphatic carbocycles. The number of hydrogen-bond donors (Lipinski definition) is 3. The first kappa shape index (κ1) is 15.7. The van der Waals surface area contributed by atoms with E-state index in [1.54, 1.807) is 17.3 Å². The zero-order valence-electron chi connectivity index (χ0n) is 12.7. The fourth-order valence-corrected chi connectivity index (χ4v) is 4.00. The van der Waals surface area contributed by atoms with Gasteiger partial charge in [-0.05, 0) is 12.8 Å². The Balaban J connectivity index is 1.69. The Labute approximate surface area is 136 Å². The molecule has 2 aliphatic rings. The second kappa shape index (κ2) is 5.80. The molecule has 3 heterocycles. The van der Waals surface area contributed by atoms with Gasteiger partial charge in [0, 0.05) is 31.9 Å². The summed E-state index contributed by atoms with van der Waals surface area (Å²) < 4.78 is 0. The lowest BCUT2D eigenvalue weighted by Crippen LogP contribution is -2.56. The van der Waals surface area contributed by atoms with Crippen molar-refractivity contribution in [2.45, 2.75) is 24.8 Å². The molecule has 0 unspecified atom stereocenters. The van der Waals surface area contributed by atoms with E-state index in [0.29, 0.717) is 36.8 Å².